The second-order valence-electron chi connectivity index (χ2n) is 4.50. The van der Waals surface area contributed by atoms with Crippen LogP contribution in [0.15, 0.2) is 30.3 Å². The molecule has 0 spiro atoms. The molecule has 0 atom stereocenters. The number of ether oxygens (including phenoxy) is 2. The number of aryl methyl sites for hydroxylation is 1. The summed E-state index contributed by atoms with van der Waals surface area (Å²) >= 11 is 0. The predicted octanol–water partition coefficient (Wildman–Crippen LogP) is 3.41. The fraction of sp³-hybridized carbons (Fsp3) is 0.375. The standard InChI is InChI=1S/C16H21N3O2/c1-4-12-7-6-8-13(9-12)21-16-10-14(17-3)18-15(19-16)11-20-5-2/h6-10H,4-5,11H2,1-3H3,(H,17,18,19). The fourth-order valence-electron chi connectivity index (χ4n) is 1.86. The molecule has 112 valence electrons. The van der Waals surface area contributed by atoms with Crippen LogP contribution in [0.25, 0.3) is 0 Å². The van der Waals surface area contributed by atoms with E-state index in [1.165, 1.54) is 5.56 Å². The summed E-state index contributed by atoms with van der Waals surface area (Å²) in [5.74, 6) is 2.60. The highest BCUT2D eigenvalue weighted by Crippen LogP contribution is 2.23. The summed E-state index contributed by atoms with van der Waals surface area (Å²) in [6.45, 7) is 5.05. The van der Waals surface area contributed by atoms with Gasteiger partial charge < -0.3 is 14.8 Å². The first-order valence-corrected chi connectivity index (χ1v) is 7.15. The zero-order chi connectivity index (χ0) is 15.1. The van der Waals surface area contributed by atoms with Gasteiger partial charge in [-0.3, -0.25) is 0 Å². The number of hydrogen-bond acceptors (Lipinski definition) is 5. The van der Waals surface area contributed by atoms with Crippen LogP contribution in [0.4, 0.5) is 5.82 Å². The molecular formula is C16H21N3O2. The third kappa shape index (κ3) is 4.43. The van der Waals surface area contributed by atoms with Crippen molar-refractivity contribution in [1.82, 2.24) is 9.97 Å². The Morgan fingerprint density at radius 3 is 2.71 bits per heavy atom. The molecule has 1 heterocycles. The molecular weight excluding hydrogens is 266 g/mol. The molecule has 5 heteroatoms. The van der Waals surface area contributed by atoms with E-state index in [4.69, 9.17) is 9.47 Å². The molecule has 21 heavy (non-hydrogen) atoms. The lowest BCUT2D eigenvalue weighted by molar-refractivity contribution is 0.128. The Morgan fingerprint density at radius 2 is 2.00 bits per heavy atom. The van der Waals surface area contributed by atoms with Crippen LogP contribution in [0.3, 0.4) is 0 Å². The van der Waals surface area contributed by atoms with Crippen molar-refractivity contribution in [2.75, 3.05) is 19.0 Å². The summed E-state index contributed by atoms with van der Waals surface area (Å²) in [5, 5.41) is 3.01. The van der Waals surface area contributed by atoms with Crippen molar-refractivity contribution < 1.29 is 9.47 Å². The normalized spacial score (nSPS) is 10.4. The number of nitrogens with zero attached hydrogens (tertiary/aromatic N) is 2. The highest BCUT2D eigenvalue weighted by atomic mass is 16.5. The molecule has 0 aliphatic carbocycles. The van der Waals surface area contributed by atoms with Gasteiger partial charge in [-0.2, -0.15) is 4.98 Å². The smallest absolute Gasteiger partial charge is 0.224 e. The largest absolute Gasteiger partial charge is 0.439 e. The maximum Gasteiger partial charge on any atom is 0.224 e. The SMILES string of the molecule is CCOCc1nc(NC)cc(Oc2cccc(CC)c2)n1. The lowest BCUT2D eigenvalue weighted by Gasteiger charge is -2.10. The van der Waals surface area contributed by atoms with Gasteiger partial charge in [0.05, 0.1) is 0 Å². The number of hydrogen-bond donors (Lipinski definition) is 1. The predicted molar refractivity (Wildman–Crippen MR) is 82.8 cm³/mol. The second-order valence-corrected chi connectivity index (χ2v) is 4.50. The lowest BCUT2D eigenvalue weighted by atomic mass is 10.2. The van der Waals surface area contributed by atoms with E-state index in [1.54, 1.807) is 6.07 Å². The lowest BCUT2D eigenvalue weighted by Crippen LogP contribution is -2.04. The van der Waals surface area contributed by atoms with E-state index in [9.17, 15) is 0 Å². The van der Waals surface area contributed by atoms with Crippen molar-refractivity contribution in [3.63, 3.8) is 0 Å². The average Bonchev–Trinajstić information content (AvgIpc) is 2.52. The van der Waals surface area contributed by atoms with Gasteiger partial charge in [0.2, 0.25) is 5.88 Å². The Labute approximate surface area is 125 Å². The molecule has 0 fully saturated rings. The van der Waals surface area contributed by atoms with E-state index in [2.05, 4.69) is 28.3 Å². The van der Waals surface area contributed by atoms with Gasteiger partial charge in [0.25, 0.3) is 0 Å². The van der Waals surface area contributed by atoms with E-state index in [0.29, 0.717) is 30.7 Å². The van der Waals surface area contributed by atoms with E-state index in [-0.39, 0.29) is 0 Å². The molecule has 1 N–H and O–H groups in total. The van der Waals surface area contributed by atoms with Gasteiger partial charge in [-0.05, 0) is 31.0 Å². The third-order valence-corrected chi connectivity index (χ3v) is 2.97. The van der Waals surface area contributed by atoms with Crippen molar-refractivity contribution >= 4 is 5.82 Å². The van der Waals surface area contributed by atoms with Crippen LogP contribution in [0.2, 0.25) is 0 Å². The molecule has 0 bridgehead atoms. The maximum absolute atomic E-state index is 5.84. The molecule has 0 saturated carbocycles. The van der Waals surface area contributed by atoms with Crippen LogP contribution >= 0.6 is 0 Å². The minimum Gasteiger partial charge on any atom is -0.439 e. The number of anilines is 1. The van der Waals surface area contributed by atoms with Crippen LogP contribution in [0.5, 0.6) is 11.6 Å². The van der Waals surface area contributed by atoms with Crippen molar-refractivity contribution in [3.8, 4) is 11.6 Å². The Morgan fingerprint density at radius 1 is 1.14 bits per heavy atom. The summed E-state index contributed by atoms with van der Waals surface area (Å²) in [6, 6.07) is 9.77. The fourth-order valence-corrected chi connectivity index (χ4v) is 1.86. The molecule has 0 radical (unpaired) electrons. The first-order valence-electron chi connectivity index (χ1n) is 7.15. The third-order valence-electron chi connectivity index (χ3n) is 2.97. The van der Waals surface area contributed by atoms with Gasteiger partial charge >= 0.3 is 0 Å². The summed E-state index contributed by atoms with van der Waals surface area (Å²) in [5.41, 5.74) is 1.23. The molecule has 2 aromatic rings. The maximum atomic E-state index is 5.84. The van der Waals surface area contributed by atoms with E-state index in [0.717, 1.165) is 12.2 Å². The van der Waals surface area contributed by atoms with Crippen molar-refractivity contribution in [2.45, 2.75) is 26.9 Å². The molecule has 2 rings (SSSR count). The van der Waals surface area contributed by atoms with Gasteiger partial charge in [-0.15, -0.1) is 0 Å². The van der Waals surface area contributed by atoms with Crippen LogP contribution in [0, 0.1) is 0 Å². The zero-order valence-electron chi connectivity index (χ0n) is 12.7. The van der Waals surface area contributed by atoms with Crippen molar-refractivity contribution in [1.29, 1.82) is 0 Å². The minimum absolute atomic E-state index is 0.372. The number of benzene rings is 1. The van der Waals surface area contributed by atoms with Crippen LogP contribution in [0.1, 0.15) is 25.2 Å². The minimum atomic E-state index is 0.372. The number of rotatable bonds is 7. The molecule has 0 unspecified atom stereocenters. The first kappa shape index (κ1) is 15.3. The highest BCUT2D eigenvalue weighted by Gasteiger charge is 2.06. The molecule has 0 amide bonds. The van der Waals surface area contributed by atoms with Crippen LogP contribution in [-0.4, -0.2) is 23.6 Å². The van der Waals surface area contributed by atoms with E-state index >= 15 is 0 Å². The molecule has 0 aliphatic heterocycles. The summed E-state index contributed by atoms with van der Waals surface area (Å²) in [4.78, 5) is 8.71. The highest BCUT2D eigenvalue weighted by molar-refractivity contribution is 5.40. The monoisotopic (exact) mass is 287 g/mol. The Kier molecular flexibility index (Phi) is 5.51. The average molecular weight is 287 g/mol. The zero-order valence-corrected chi connectivity index (χ0v) is 12.7. The summed E-state index contributed by atoms with van der Waals surface area (Å²) in [6.07, 6.45) is 0.971. The molecule has 1 aromatic carbocycles. The summed E-state index contributed by atoms with van der Waals surface area (Å²) < 4.78 is 11.2. The first-order chi connectivity index (χ1) is 10.2. The van der Waals surface area contributed by atoms with Crippen molar-refractivity contribution in [2.24, 2.45) is 0 Å². The topological polar surface area (TPSA) is 56.3 Å². The van der Waals surface area contributed by atoms with Crippen molar-refractivity contribution in [3.05, 3.63) is 41.7 Å². The van der Waals surface area contributed by atoms with Crippen LogP contribution < -0.4 is 10.1 Å². The Balaban J connectivity index is 2.21. The number of aromatic nitrogens is 2. The van der Waals surface area contributed by atoms with Crippen LogP contribution in [-0.2, 0) is 17.8 Å². The molecule has 5 nitrogen and oxygen atoms in total. The molecule has 0 aliphatic rings. The van der Waals surface area contributed by atoms with Gasteiger partial charge in [0, 0.05) is 19.7 Å². The van der Waals surface area contributed by atoms with Gasteiger partial charge in [-0.25, -0.2) is 4.98 Å². The van der Waals surface area contributed by atoms with E-state index in [1.807, 2.05) is 32.2 Å². The quantitative estimate of drug-likeness (QED) is 0.845. The Hall–Kier alpha value is -2.14. The van der Waals surface area contributed by atoms with E-state index < -0.39 is 0 Å². The van der Waals surface area contributed by atoms with Gasteiger partial charge in [-0.1, -0.05) is 19.1 Å². The molecule has 0 saturated heterocycles. The second kappa shape index (κ2) is 7.59. The molecule has 1 aromatic heterocycles. The summed E-state index contributed by atoms with van der Waals surface area (Å²) in [7, 11) is 1.81. The number of nitrogens with one attached hydrogen (secondary N) is 1. The van der Waals surface area contributed by atoms with Gasteiger partial charge in [0.1, 0.15) is 18.2 Å². The van der Waals surface area contributed by atoms with Gasteiger partial charge in [0.15, 0.2) is 5.82 Å². The Bertz CT molecular complexity index is 587.